The van der Waals surface area contributed by atoms with Crippen LogP contribution in [0, 0.1) is 0 Å². The minimum absolute atomic E-state index is 0.217. The number of benzene rings is 1. The molecular weight excluding hydrogens is 370 g/mol. The van der Waals surface area contributed by atoms with Gasteiger partial charge in [0.15, 0.2) is 0 Å². The molecule has 0 N–H and O–H groups in total. The molecule has 0 saturated heterocycles. The van der Waals surface area contributed by atoms with Crippen LogP contribution in [0.5, 0.6) is 0 Å². The Morgan fingerprint density at radius 2 is 2.29 bits per heavy atom. The molecule has 1 aromatic carbocycles. The first-order chi connectivity index (χ1) is 10.2. The maximum absolute atomic E-state index is 5.96. The highest BCUT2D eigenvalue weighted by molar-refractivity contribution is 9.10. The fraction of sp³-hybridized carbons (Fsp3) is 0.333. The van der Waals surface area contributed by atoms with E-state index in [-0.39, 0.29) is 6.04 Å². The van der Waals surface area contributed by atoms with E-state index in [1.54, 1.807) is 11.3 Å². The molecule has 0 aliphatic rings. The number of hydrogen-bond donors (Lipinski definition) is 0. The maximum Gasteiger partial charge on any atom is 0.115 e. The summed E-state index contributed by atoms with van der Waals surface area (Å²) in [6.45, 7) is 2.18. The molecule has 0 radical (unpaired) electrons. The Labute approximate surface area is 141 Å². The third kappa shape index (κ3) is 2.87. The first-order valence-corrected chi connectivity index (χ1v) is 9.07. The van der Waals surface area contributed by atoms with Crippen LogP contribution >= 0.6 is 38.9 Å². The van der Waals surface area contributed by atoms with Crippen LogP contribution in [0.4, 0.5) is 0 Å². The lowest BCUT2D eigenvalue weighted by Crippen LogP contribution is -2.13. The molecule has 0 spiro atoms. The van der Waals surface area contributed by atoms with E-state index in [9.17, 15) is 0 Å². The number of nitrogens with zero attached hydrogens (tertiary/aromatic N) is 3. The van der Waals surface area contributed by atoms with Crippen LogP contribution in [0.3, 0.4) is 0 Å². The van der Waals surface area contributed by atoms with Crippen LogP contribution in [0.25, 0.3) is 11.0 Å². The van der Waals surface area contributed by atoms with Crippen molar-refractivity contribution in [3.8, 4) is 0 Å². The van der Waals surface area contributed by atoms with Gasteiger partial charge in [-0.1, -0.05) is 22.9 Å². The van der Waals surface area contributed by atoms with Gasteiger partial charge in [0.05, 0.1) is 17.1 Å². The second-order valence-electron chi connectivity index (χ2n) is 4.76. The number of halogens is 2. The highest BCUT2D eigenvalue weighted by Crippen LogP contribution is 2.31. The highest BCUT2D eigenvalue weighted by atomic mass is 79.9. The number of aromatic nitrogens is 3. The smallest absolute Gasteiger partial charge is 0.115 e. The summed E-state index contributed by atoms with van der Waals surface area (Å²) in [5.74, 6) is 1.60. The molecule has 1 unspecified atom stereocenters. The largest absolute Gasteiger partial charge is 0.318 e. The zero-order valence-corrected chi connectivity index (χ0v) is 14.7. The third-order valence-electron chi connectivity index (χ3n) is 3.48. The Kier molecular flexibility index (Phi) is 4.62. The molecule has 3 aromatic rings. The Bertz CT molecular complexity index is 739. The molecule has 2 aromatic heterocycles. The van der Waals surface area contributed by atoms with Crippen LogP contribution < -0.4 is 0 Å². The van der Waals surface area contributed by atoms with Gasteiger partial charge in [-0.15, -0.1) is 22.9 Å². The Hall–Kier alpha value is -0.910. The van der Waals surface area contributed by atoms with Crippen molar-refractivity contribution in [1.29, 1.82) is 0 Å². The third-order valence-corrected chi connectivity index (χ3v) is 5.04. The number of hydrogen-bond acceptors (Lipinski definition) is 3. The average Bonchev–Trinajstić information content (AvgIpc) is 3.09. The van der Waals surface area contributed by atoms with Crippen molar-refractivity contribution in [2.45, 2.75) is 25.8 Å². The highest BCUT2D eigenvalue weighted by Gasteiger charge is 2.21. The molecule has 0 aliphatic carbocycles. The molecule has 3 rings (SSSR count). The zero-order valence-electron chi connectivity index (χ0n) is 11.6. The SMILES string of the molecule is CCC(c1nccs1)n1c(CCCl)nc2cc(Br)ccc21. The molecule has 0 fully saturated rings. The van der Waals surface area contributed by atoms with Crippen LogP contribution in [0.15, 0.2) is 34.2 Å². The fourth-order valence-electron chi connectivity index (χ4n) is 2.60. The summed E-state index contributed by atoms with van der Waals surface area (Å²) in [4.78, 5) is 9.26. The Balaban J connectivity index is 2.20. The van der Waals surface area contributed by atoms with Crippen LogP contribution in [-0.4, -0.2) is 20.4 Å². The molecule has 6 heteroatoms. The minimum atomic E-state index is 0.217. The molecular formula is C15H15BrClN3S. The van der Waals surface area contributed by atoms with Crippen LogP contribution in [0.2, 0.25) is 0 Å². The standard InChI is InChI=1S/C15H15BrClN3S/c1-2-12(15-18-7-8-21-15)20-13-4-3-10(16)9-11(13)19-14(20)5-6-17/h3-4,7-9,12H,2,5-6H2,1H3. The van der Waals surface area contributed by atoms with Gasteiger partial charge in [-0.2, -0.15) is 0 Å². The lowest BCUT2D eigenvalue weighted by Gasteiger charge is -2.18. The van der Waals surface area contributed by atoms with E-state index >= 15 is 0 Å². The predicted molar refractivity (Wildman–Crippen MR) is 92.4 cm³/mol. The number of aryl methyl sites for hydroxylation is 1. The zero-order chi connectivity index (χ0) is 14.8. The first-order valence-electron chi connectivity index (χ1n) is 6.86. The predicted octanol–water partition coefficient (Wildman–Crippen LogP) is 5.04. The van der Waals surface area contributed by atoms with E-state index < -0.39 is 0 Å². The molecule has 110 valence electrons. The molecule has 0 aliphatic heterocycles. The van der Waals surface area contributed by atoms with Crippen molar-refractivity contribution in [1.82, 2.24) is 14.5 Å². The van der Waals surface area contributed by atoms with Gasteiger partial charge in [0, 0.05) is 28.4 Å². The van der Waals surface area contributed by atoms with E-state index in [4.69, 9.17) is 16.6 Å². The Morgan fingerprint density at radius 3 is 2.95 bits per heavy atom. The number of fused-ring (bicyclic) bond motifs is 1. The van der Waals surface area contributed by atoms with Crippen LogP contribution in [0.1, 0.15) is 30.2 Å². The summed E-state index contributed by atoms with van der Waals surface area (Å²) in [5.41, 5.74) is 2.14. The summed E-state index contributed by atoms with van der Waals surface area (Å²) in [6, 6.07) is 6.44. The van der Waals surface area contributed by atoms with Crippen molar-refractivity contribution in [3.63, 3.8) is 0 Å². The second-order valence-corrected chi connectivity index (χ2v) is 6.98. The van der Waals surface area contributed by atoms with Crippen molar-refractivity contribution in [2.75, 3.05) is 5.88 Å². The quantitative estimate of drug-likeness (QED) is 0.577. The summed E-state index contributed by atoms with van der Waals surface area (Å²) in [7, 11) is 0. The van der Waals surface area contributed by atoms with Gasteiger partial charge in [-0.3, -0.25) is 0 Å². The van der Waals surface area contributed by atoms with E-state index in [1.807, 2.05) is 11.6 Å². The topological polar surface area (TPSA) is 30.7 Å². The molecule has 0 amide bonds. The Morgan fingerprint density at radius 1 is 1.43 bits per heavy atom. The van der Waals surface area contributed by atoms with Crippen molar-refractivity contribution < 1.29 is 0 Å². The van der Waals surface area contributed by atoms with Gasteiger partial charge in [0.2, 0.25) is 0 Å². The minimum Gasteiger partial charge on any atom is -0.318 e. The fourth-order valence-corrected chi connectivity index (χ4v) is 3.93. The van der Waals surface area contributed by atoms with Gasteiger partial charge in [-0.05, 0) is 24.6 Å². The molecule has 0 bridgehead atoms. The number of imidazole rings is 1. The number of alkyl halides is 1. The van der Waals surface area contributed by atoms with Crippen molar-refractivity contribution >= 4 is 49.9 Å². The van der Waals surface area contributed by atoms with Gasteiger partial charge < -0.3 is 4.57 Å². The van der Waals surface area contributed by atoms with Gasteiger partial charge >= 0.3 is 0 Å². The molecule has 21 heavy (non-hydrogen) atoms. The summed E-state index contributed by atoms with van der Waals surface area (Å²) >= 11 is 11.2. The maximum atomic E-state index is 5.96. The van der Waals surface area contributed by atoms with E-state index in [2.05, 4.69) is 50.6 Å². The lowest BCUT2D eigenvalue weighted by molar-refractivity contribution is 0.555. The van der Waals surface area contributed by atoms with E-state index in [1.165, 1.54) is 0 Å². The first kappa shape index (κ1) is 15.0. The van der Waals surface area contributed by atoms with Gasteiger partial charge in [0.25, 0.3) is 0 Å². The second kappa shape index (κ2) is 6.46. The molecule has 1 atom stereocenters. The normalized spacial score (nSPS) is 12.9. The van der Waals surface area contributed by atoms with E-state index in [0.717, 1.165) is 39.2 Å². The van der Waals surface area contributed by atoms with Gasteiger partial charge in [0.1, 0.15) is 10.8 Å². The molecule has 3 nitrogen and oxygen atoms in total. The lowest BCUT2D eigenvalue weighted by atomic mass is 10.2. The average molecular weight is 385 g/mol. The molecule has 2 heterocycles. The summed E-state index contributed by atoms with van der Waals surface area (Å²) < 4.78 is 3.34. The van der Waals surface area contributed by atoms with Crippen LogP contribution in [-0.2, 0) is 6.42 Å². The molecule has 0 saturated carbocycles. The van der Waals surface area contributed by atoms with Crippen molar-refractivity contribution in [2.24, 2.45) is 0 Å². The van der Waals surface area contributed by atoms with E-state index in [0.29, 0.717) is 5.88 Å². The summed E-state index contributed by atoms with van der Waals surface area (Å²) in [6.07, 6.45) is 3.60. The van der Waals surface area contributed by atoms with Crippen molar-refractivity contribution in [3.05, 3.63) is 45.1 Å². The summed E-state index contributed by atoms with van der Waals surface area (Å²) in [5, 5.41) is 3.14. The number of rotatable bonds is 5. The van der Waals surface area contributed by atoms with Gasteiger partial charge in [-0.25, -0.2) is 9.97 Å². The number of thiazole rings is 1. The monoisotopic (exact) mass is 383 g/mol.